The highest BCUT2D eigenvalue weighted by Crippen LogP contribution is 2.12. The molecule has 0 aromatic rings. The average Bonchev–Trinajstić information content (AvgIpc) is 2.18. The van der Waals surface area contributed by atoms with E-state index >= 15 is 0 Å². The summed E-state index contributed by atoms with van der Waals surface area (Å²) in [4.78, 5) is 21.4. The predicted molar refractivity (Wildman–Crippen MR) is 46.5 cm³/mol. The van der Waals surface area contributed by atoms with E-state index in [0.717, 1.165) is 0 Å². The third-order valence-electron chi connectivity index (χ3n) is 1.34. The molecule has 0 aliphatic carbocycles. The first-order valence-electron chi connectivity index (χ1n) is 4.41. The van der Waals surface area contributed by atoms with Crippen molar-refractivity contribution < 1.29 is 35.9 Å². The Kier molecular flexibility index (Phi) is 5.72. The standard InChI is InChI=1S/C7H9F6N3O2/c8-6(9,10)2-15-4(17)1-14-5(18)16-3-7(11,12)13/h1-3H2,(H,15,17)(H2,14,16,18). The molecule has 106 valence electrons. The second kappa shape index (κ2) is 6.31. The predicted octanol–water partition coefficient (Wildman–Crippen LogP) is 0.526. The fourth-order valence-electron chi connectivity index (χ4n) is 0.665. The largest absolute Gasteiger partial charge is 0.405 e. The second-order valence-electron chi connectivity index (χ2n) is 3.04. The number of alkyl halides is 6. The van der Waals surface area contributed by atoms with Gasteiger partial charge in [-0.15, -0.1) is 0 Å². The third-order valence-corrected chi connectivity index (χ3v) is 1.34. The summed E-state index contributed by atoms with van der Waals surface area (Å²) in [6.45, 7) is -4.06. The summed E-state index contributed by atoms with van der Waals surface area (Å²) >= 11 is 0. The first-order chi connectivity index (χ1) is 7.99. The van der Waals surface area contributed by atoms with Crippen LogP contribution in [0.4, 0.5) is 31.1 Å². The van der Waals surface area contributed by atoms with E-state index in [1.54, 1.807) is 5.32 Å². The number of nitrogens with one attached hydrogen (secondary N) is 3. The Hall–Kier alpha value is -1.68. The van der Waals surface area contributed by atoms with E-state index in [2.05, 4.69) is 0 Å². The van der Waals surface area contributed by atoms with Gasteiger partial charge in [0.1, 0.15) is 13.1 Å². The fraction of sp³-hybridized carbons (Fsp3) is 0.714. The maximum Gasteiger partial charge on any atom is 0.405 e. The summed E-state index contributed by atoms with van der Waals surface area (Å²) in [5.74, 6) is -1.17. The fourth-order valence-corrected chi connectivity index (χ4v) is 0.665. The van der Waals surface area contributed by atoms with Gasteiger partial charge in [-0.3, -0.25) is 4.79 Å². The zero-order chi connectivity index (χ0) is 14.4. The molecule has 0 aliphatic heterocycles. The van der Waals surface area contributed by atoms with Gasteiger partial charge in [-0.05, 0) is 0 Å². The zero-order valence-corrected chi connectivity index (χ0v) is 8.71. The Morgan fingerprint density at radius 2 is 1.22 bits per heavy atom. The van der Waals surface area contributed by atoms with E-state index in [1.807, 2.05) is 0 Å². The van der Waals surface area contributed by atoms with Crippen LogP contribution in [0.2, 0.25) is 0 Å². The maximum atomic E-state index is 11.6. The minimum Gasteiger partial charge on any atom is -0.345 e. The number of carbonyl (C=O) groups is 2. The van der Waals surface area contributed by atoms with E-state index in [-0.39, 0.29) is 0 Å². The first-order valence-corrected chi connectivity index (χ1v) is 4.41. The number of rotatable bonds is 4. The molecule has 0 heterocycles. The van der Waals surface area contributed by atoms with Crippen LogP contribution in [0.1, 0.15) is 0 Å². The molecule has 11 heteroatoms. The highest BCUT2D eigenvalue weighted by atomic mass is 19.4. The molecular formula is C7H9F6N3O2. The molecule has 0 rings (SSSR count). The summed E-state index contributed by atoms with van der Waals surface area (Å²) in [5, 5.41) is 4.46. The molecule has 0 unspecified atom stereocenters. The van der Waals surface area contributed by atoms with Crippen molar-refractivity contribution in [2.24, 2.45) is 0 Å². The number of urea groups is 1. The molecule has 0 aromatic heterocycles. The van der Waals surface area contributed by atoms with Crippen molar-refractivity contribution in [2.45, 2.75) is 12.4 Å². The van der Waals surface area contributed by atoms with Crippen molar-refractivity contribution in [3.63, 3.8) is 0 Å². The van der Waals surface area contributed by atoms with Gasteiger partial charge in [0.05, 0.1) is 6.54 Å². The van der Waals surface area contributed by atoms with Crippen molar-refractivity contribution in [3.8, 4) is 0 Å². The second-order valence-corrected chi connectivity index (χ2v) is 3.04. The molecule has 3 amide bonds. The molecule has 0 radical (unpaired) electrons. The molecule has 18 heavy (non-hydrogen) atoms. The number of halogens is 6. The highest BCUT2D eigenvalue weighted by Gasteiger charge is 2.28. The van der Waals surface area contributed by atoms with Crippen molar-refractivity contribution >= 4 is 11.9 Å². The van der Waals surface area contributed by atoms with Gasteiger partial charge in [-0.1, -0.05) is 0 Å². The summed E-state index contributed by atoms with van der Waals surface area (Å²) in [5.41, 5.74) is 0. The lowest BCUT2D eigenvalue weighted by Crippen LogP contribution is -2.46. The smallest absolute Gasteiger partial charge is 0.345 e. The molecule has 0 spiro atoms. The SMILES string of the molecule is O=C(CNC(=O)NCC(F)(F)F)NCC(F)(F)F. The van der Waals surface area contributed by atoms with Gasteiger partial charge in [0, 0.05) is 0 Å². The van der Waals surface area contributed by atoms with Crippen LogP contribution in [0.5, 0.6) is 0 Å². The lowest BCUT2D eigenvalue weighted by Gasteiger charge is -2.10. The molecule has 0 bridgehead atoms. The molecule has 0 aliphatic rings. The molecule has 0 fully saturated rings. The molecule has 0 saturated carbocycles. The molecule has 3 N–H and O–H groups in total. The molecule has 5 nitrogen and oxygen atoms in total. The Balaban J connectivity index is 3.76. The number of carbonyl (C=O) groups excluding carboxylic acids is 2. The lowest BCUT2D eigenvalue weighted by atomic mass is 10.5. The first kappa shape index (κ1) is 16.3. The summed E-state index contributed by atoms with van der Waals surface area (Å²) in [6, 6.07) is -1.31. The topological polar surface area (TPSA) is 70.2 Å². The van der Waals surface area contributed by atoms with Crippen LogP contribution in [0.15, 0.2) is 0 Å². The quantitative estimate of drug-likeness (QED) is 0.658. The summed E-state index contributed by atoms with van der Waals surface area (Å²) in [6.07, 6.45) is -9.22. The van der Waals surface area contributed by atoms with Crippen molar-refractivity contribution in [1.29, 1.82) is 0 Å². The van der Waals surface area contributed by atoms with Gasteiger partial charge in [0.2, 0.25) is 5.91 Å². The van der Waals surface area contributed by atoms with Gasteiger partial charge in [-0.2, -0.15) is 26.3 Å². The third kappa shape index (κ3) is 10.8. The summed E-state index contributed by atoms with van der Waals surface area (Å²) < 4.78 is 69.7. The zero-order valence-electron chi connectivity index (χ0n) is 8.71. The van der Waals surface area contributed by atoms with Crippen molar-refractivity contribution in [3.05, 3.63) is 0 Å². The maximum absolute atomic E-state index is 11.6. The monoisotopic (exact) mass is 281 g/mol. The van der Waals surface area contributed by atoms with Crippen molar-refractivity contribution in [1.82, 2.24) is 16.0 Å². The minimum atomic E-state index is -4.62. The number of hydrogen-bond donors (Lipinski definition) is 3. The van der Waals surface area contributed by atoms with E-state index in [4.69, 9.17) is 0 Å². The lowest BCUT2D eigenvalue weighted by molar-refractivity contribution is -0.137. The van der Waals surface area contributed by atoms with Crippen LogP contribution < -0.4 is 16.0 Å². The van der Waals surface area contributed by atoms with Gasteiger partial charge >= 0.3 is 18.4 Å². The van der Waals surface area contributed by atoms with E-state index in [1.165, 1.54) is 10.6 Å². The molecule has 0 aromatic carbocycles. The van der Waals surface area contributed by atoms with Gasteiger partial charge in [-0.25, -0.2) is 4.79 Å². The van der Waals surface area contributed by atoms with E-state index < -0.39 is 43.9 Å². The van der Waals surface area contributed by atoms with E-state index in [0.29, 0.717) is 0 Å². The minimum absolute atomic E-state index is 0.861. The number of hydrogen-bond acceptors (Lipinski definition) is 2. The van der Waals surface area contributed by atoms with Crippen LogP contribution in [0.3, 0.4) is 0 Å². The Labute approximate surface area is 96.9 Å². The Bertz CT molecular complexity index is 271. The Morgan fingerprint density at radius 1 is 0.778 bits per heavy atom. The van der Waals surface area contributed by atoms with Crippen LogP contribution in [-0.2, 0) is 4.79 Å². The van der Waals surface area contributed by atoms with Gasteiger partial charge in [0.25, 0.3) is 0 Å². The van der Waals surface area contributed by atoms with Gasteiger partial charge in [0.15, 0.2) is 0 Å². The van der Waals surface area contributed by atoms with E-state index in [9.17, 15) is 35.9 Å². The molecule has 0 saturated heterocycles. The van der Waals surface area contributed by atoms with Crippen molar-refractivity contribution in [2.75, 3.05) is 19.6 Å². The number of amides is 3. The molecule has 0 atom stereocenters. The average molecular weight is 281 g/mol. The van der Waals surface area contributed by atoms with Gasteiger partial charge < -0.3 is 16.0 Å². The molecular weight excluding hydrogens is 272 g/mol. The van der Waals surface area contributed by atoms with Crippen LogP contribution in [0, 0.1) is 0 Å². The highest BCUT2D eigenvalue weighted by molar-refractivity contribution is 5.83. The van der Waals surface area contributed by atoms with Crippen LogP contribution >= 0.6 is 0 Å². The summed E-state index contributed by atoms with van der Waals surface area (Å²) in [7, 11) is 0. The Morgan fingerprint density at radius 3 is 1.67 bits per heavy atom. The van der Waals surface area contributed by atoms with Crippen LogP contribution in [0.25, 0.3) is 0 Å². The normalized spacial score (nSPS) is 11.9. The van der Waals surface area contributed by atoms with Crippen LogP contribution in [-0.4, -0.2) is 43.9 Å².